The second kappa shape index (κ2) is 12.5. The highest BCUT2D eigenvalue weighted by Gasteiger charge is 2.29. The van der Waals surface area contributed by atoms with Crippen molar-refractivity contribution >= 4 is 28.1 Å². The third kappa shape index (κ3) is 9.25. The molecule has 0 aromatic heterocycles. The van der Waals surface area contributed by atoms with Crippen molar-refractivity contribution in [3.8, 4) is 0 Å². The largest absolute Gasteiger partial charge is 0.468 e. The molecule has 10 nitrogen and oxygen atoms in total. The summed E-state index contributed by atoms with van der Waals surface area (Å²) in [5.41, 5.74) is 1.40. The van der Waals surface area contributed by atoms with Gasteiger partial charge in [-0.15, -0.1) is 0 Å². The fourth-order valence-corrected chi connectivity index (χ4v) is 3.37. The van der Waals surface area contributed by atoms with Crippen molar-refractivity contribution in [2.24, 2.45) is 0 Å². The van der Waals surface area contributed by atoms with Gasteiger partial charge in [0.2, 0.25) is 0 Å². The number of ether oxygens (including phenoxy) is 3. The molecule has 0 aliphatic rings. The summed E-state index contributed by atoms with van der Waals surface area (Å²) in [5.74, 6) is -2.62. The van der Waals surface area contributed by atoms with Crippen molar-refractivity contribution in [2.75, 3.05) is 13.7 Å². The minimum Gasteiger partial charge on any atom is -0.468 e. The molecule has 0 aliphatic carbocycles. The Morgan fingerprint density at radius 3 is 1.91 bits per heavy atom. The van der Waals surface area contributed by atoms with Gasteiger partial charge in [0.05, 0.1) is 13.5 Å². The maximum absolute atomic E-state index is 12.5. The maximum atomic E-state index is 12.5. The van der Waals surface area contributed by atoms with Crippen LogP contribution in [0, 0.1) is 0 Å². The first-order chi connectivity index (χ1) is 15.3. The molecule has 0 aliphatic heterocycles. The molecule has 11 heteroatoms. The minimum absolute atomic E-state index is 0.0429. The van der Waals surface area contributed by atoms with Crippen molar-refractivity contribution in [2.45, 2.75) is 25.7 Å². The minimum atomic E-state index is -4.34. The zero-order chi connectivity index (χ0) is 23.4. The number of carbonyl (C=O) groups excluding carboxylic acids is 3. The summed E-state index contributed by atoms with van der Waals surface area (Å²) < 4.78 is 43.0. The molecule has 0 saturated heterocycles. The normalized spacial score (nSPS) is 11.9. The van der Waals surface area contributed by atoms with E-state index in [9.17, 15) is 22.8 Å². The van der Waals surface area contributed by atoms with Gasteiger partial charge in [0.15, 0.2) is 0 Å². The van der Waals surface area contributed by atoms with Crippen LogP contribution in [0.1, 0.15) is 17.5 Å². The number of nitrogens with one attached hydrogen (secondary N) is 2. The van der Waals surface area contributed by atoms with Crippen LogP contribution in [0.2, 0.25) is 0 Å². The molecule has 32 heavy (non-hydrogen) atoms. The first kappa shape index (κ1) is 25.0. The van der Waals surface area contributed by atoms with E-state index in [0.717, 1.165) is 12.7 Å². The number of esters is 3. The van der Waals surface area contributed by atoms with Crippen LogP contribution in [-0.2, 0) is 52.0 Å². The Bertz CT molecular complexity index is 997. The quantitative estimate of drug-likeness (QED) is 0.348. The van der Waals surface area contributed by atoms with Gasteiger partial charge in [0.25, 0.3) is 10.2 Å². The molecule has 0 saturated carbocycles. The maximum Gasteiger partial charge on any atom is 0.325 e. The SMILES string of the molecule is COC(=O)CNS(=O)(=O)N[C@@H](CC(=O)OCc1ccccc1)C(=O)OCc1ccccc1. The Kier molecular flexibility index (Phi) is 9.79. The van der Waals surface area contributed by atoms with Crippen molar-refractivity contribution < 1.29 is 37.0 Å². The predicted octanol–water partition coefficient (Wildman–Crippen LogP) is 0.829. The predicted molar refractivity (Wildman–Crippen MR) is 113 cm³/mol. The summed E-state index contributed by atoms with van der Waals surface area (Å²) in [6.45, 7) is -0.818. The summed E-state index contributed by atoms with van der Waals surface area (Å²) in [6, 6.07) is 16.0. The zero-order valence-corrected chi connectivity index (χ0v) is 18.2. The average Bonchev–Trinajstić information content (AvgIpc) is 2.80. The molecule has 0 spiro atoms. The number of methoxy groups -OCH3 is 1. The van der Waals surface area contributed by atoms with Crippen LogP contribution in [0.3, 0.4) is 0 Å². The summed E-state index contributed by atoms with van der Waals surface area (Å²) in [7, 11) is -3.24. The van der Waals surface area contributed by atoms with E-state index < -0.39 is 47.1 Å². The van der Waals surface area contributed by atoms with Gasteiger partial charge in [-0.2, -0.15) is 17.9 Å². The third-order valence-corrected chi connectivity index (χ3v) is 5.17. The second-order valence-electron chi connectivity index (χ2n) is 6.51. The van der Waals surface area contributed by atoms with Gasteiger partial charge in [-0.3, -0.25) is 14.4 Å². The van der Waals surface area contributed by atoms with E-state index in [-0.39, 0.29) is 13.2 Å². The summed E-state index contributed by atoms with van der Waals surface area (Å²) in [6.07, 6.45) is -0.612. The highest BCUT2D eigenvalue weighted by atomic mass is 32.2. The van der Waals surface area contributed by atoms with Gasteiger partial charge < -0.3 is 14.2 Å². The van der Waals surface area contributed by atoms with Gasteiger partial charge >= 0.3 is 17.9 Å². The molecular weight excluding hydrogens is 440 g/mol. The Labute approximate surface area is 186 Å². The topological polar surface area (TPSA) is 137 Å². The van der Waals surface area contributed by atoms with Gasteiger partial charge in [0, 0.05) is 0 Å². The fraction of sp³-hybridized carbons (Fsp3) is 0.286. The van der Waals surface area contributed by atoms with Crippen LogP contribution < -0.4 is 9.44 Å². The molecule has 2 aromatic carbocycles. The summed E-state index contributed by atoms with van der Waals surface area (Å²) in [4.78, 5) is 36.0. The van der Waals surface area contributed by atoms with Crippen molar-refractivity contribution in [1.29, 1.82) is 0 Å². The van der Waals surface area contributed by atoms with Gasteiger partial charge in [-0.1, -0.05) is 60.7 Å². The van der Waals surface area contributed by atoms with Gasteiger partial charge in [-0.05, 0) is 11.1 Å². The highest BCUT2D eigenvalue weighted by Crippen LogP contribution is 2.07. The lowest BCUT2D eigenvalue weighted by Gasteiger charge is -2.17. The van der Waals surface area contributed by atoms with Gasteiger partial charge in [0.1, 0.15) is 25.8 Å². The van der Waals surface area contributed by atoms with E-state index in [2.05, 4.69) is 4.74 Å². The molecule has 0 fully saturated rings. The smallest absolute Gasteiger partial charge is 0.325 e. The van der Waals surface area contributed by atoms with E-state index in [0.29, 0.717) is 5.56 Å². The molecule has 0 unspecified atom stereocenters. The van der Waals surface area contributed by atoms with Crippen LogP contribution in [-0.4, -0.2) is 46.0 Å². The Morgan fingerprint density at radius 1 is 0.844 bits per heavy atom. The van der Waals surface area contributed by atoms with E-state index in [4.69, 9.17) is 9.47 Å². The molecule has 0 heterocycles. The van der Waals surface area contributed by atoms with Crippen molar-refractivity contribution in [1.82, 2.24) is 9.44 Å². The number of hydrogen-bond donors (Lipinski definition) is 2. The molecule has 2 N–H and O–H groups in total. The molecule has 2 aromatic rings. The molecule has 0 radical (unpaired) electrons. The lowest BCUT2D eigenvalue weighted by atomic mass is 10.2. The average molecular weight is 464 g/mol. The summed E-state index contributed by atoms with van der Waals surface area (Å²) in [5, 5.41) is 0. The number of benzene rings is 2. The van der Waals surface area contributed by atoms with Crippen LogP contribution in [0.4, 0.5) is 0 Å². The molecule has 2 rings (SSSR count). The third-order valence-electron chi connectivity index (χ3n) is 4.05. The Balaban J connectivity index is 2.02. The molecule has 172 valence electrons. The Hall–Kier alpha value is -3.28. The molecule has 0 bridgehead atoms. The van der Waals surface area contributed by atoms with E-state index in [1.165, 1.54) is 0 Å². The standard InChI is InChI=1S/C21H24N2O8S/c1-29-20(25)13-22-32(27,28)23-18(21(26)31-15-17-10-6-3-7-11-17)12-19(24)30-14-16-8-4-2-5-9-16/h2-11,18,22-23H,12-15H2,1H3/t18-/m0/s1. The number of rotatable bonds is 12. The zero-order valence-electron chi connectivity index (χ0n) is 17.4. The number of carbonyl (C=O) groups is 3. The van der Waals surface area contributed by atoms with E-state index in [1.807, 2.05) is 9.44 Å². The summed E-state index contributed by atoms with van der Waals surface area (Å²) >= 11 is 0. The van der Waals surface area contributed by atoms with E-state index >= 15 is 0 Å². The van der Waals surface area contributed by atoms with Crippen molar-refractivity contribution in [3.05, 3.63) is 71.8 Å². The first-order valence-electron chi connectivity index (χ1n) is 9.53. The second-order valence-corrected chi connectivity index (χ2v) is 8.05. The van der Waals surface area contributed by atoms with Crippen LogP contribution in [0.25, 0.3) is 0 Å². The van der Waals surface area contributed by atoms with Crippen LogP contribution in [0.15, 0.2) is 60.7 Å². The first-order valence-corrected chi connectivity index (χ1v) is 11.0. The molecular formula is C21H24N2O8S. The number of hydrogen-bond acceptors (Lipinski definition) is 8. The van der Waals surface area contributed by atoms with Crippen LogP contribution >= 0.6 is 0 Å². The fourth-order valence-electron chi connectivity index (χ4n) is 2.42. The van der Waals surface area contributed by atoms with Crippen LogP contribution in [0.5, 0.6) is 0 Å². The molecule has 1 atom stereocenters. The highest BCUT2D eigenvalue weighted by molar-refractivity contribution is 7.87. The van der Waals surface area contributed by atoms with Gasteiger partial charge in [-0.25, -0.2) is 0 Å². The van der Waals surface area contributed by atoms with E-state index in [1.54, 1.807) is 60.7 Å². The van der Waals surface area contributed by atoms with Crippen molar-refractivity contribution in [3.63, 3.8) is 0 Å². The lowest BCUT2D eigenvalue weighted by molar-refractivity contribution is -0.153. The lowest BCUT2D eigenvalue weighted by Crippen LogP contribution is -2.49. The molecule has 0 amide bonds. The monoisotopic (exact) mass is 464 g/mol. The Morgan fingerprint density at radius 2 is 1.38 bits per heavy atom.